The van der Waals surface area contributed by atoms with Crippen molar-refractivity contribution in [1.29, 1.82) is 0 Å². The second-order valence-electron chi connectivity index (χ2n) is 8.01. The molecule has 0 atom stereocenters. The van der Waals surface area contributed by atoms with Crippen LogP contribution in [0.15, 0.2) is 59.7 Å². The fourth-order valence-electron chi connectivity index (χ4n) is 4.04. The average Bonchev–Trinajstić information content (AvgIpc) is 2.76. The molecule has 3 rings (SSSR count). The van der Waals surface area contributed by atoms with Crippen molar-refractivity contribution >= 4 is 10.9 Å². The summed E-state index contributed by atoms with van der Waals surface area (Å²) in [4.78, 5) is 12.8. The second-order valence-corrected chi connectivity index (χ2v) is 8.01. The van der Waals surface area contributed by atoms with Crippen LogP contribution in [0.25, 0.3) is 22.2 Å². The standard InChI is InChI=1S/C26H35N2O.BrH/c1-3-5-7-11-17-27-18-13-14-22(21-27)25-20-26(29)23-15-9-10-16-24(23)28(25)19-12-8-6-4-2;/h9-10,13-16,18,20-21H,3-8,11-12,17,19H2,1-2H3;1H/q+1;/p-1. The molecule has 0 saturated heterocycles. The number of pyridine rings is 2. The molecule has 4 heteroatoms. The molecule has 0 aliphatic carbocycles. The predicted molar refractivity (Wildman–Crippen MR) is 122 cm³/mol. The van der Waals surface area contributed by atoms with Gasteiger partial charge in [-0.3, -0.25) is 4.79 Å². The van der Waals surface area contributed by atoms with E-state index in [4.69, 9.17) is 0 Å². The number of hydrogen-bond acceptors (Lipinski definition) is 1. The number of fused-ring (bicyclic) bond motifs is 1. The Morgan fingerprint density at radius 2 is 1.60 bits per heavy atom. The number of benzene rings is 1. The summed E-state index contributed by atoms with van der Waals surface area (Å²) >= 11 is 0. The van der Waals surface area contributed by atoms with Crippen molar-refractivity contribution in [3.63, 3.8) is 0 Å². The van der Waals surface area contributed by atoms with E-state index in [1.54, 1.807) is 0 Å². The van der Waals surface area contributed by atoms with Gasteiger partial charge in [-0.25, -0.2) is 4.57 Å². The highest BCUT2D eigenvalue weighted by Crippen LogP contribution is 2.23. The van der Waals surface area contributed by atoms with E-state index >= 15 is 0 Å². The topological polar surface area (TPSA) is 25.9 Å². The van der Waals surface area contributed by atoms with Crippen molar-refractivity contribution in [2.45, 2.75) is 78.3 Å². The number of hydrogen-bond donors (Lipinski definition) is 0. The van der Waals surface area contributed by atoms with E-state index < -0.39 is 0 Å². The van der Waals surface area contributed by atoms with Gasteiger partial charge in [-0.2, -0.15) is 0 Å². The van der Waals surface area contributed by atoms with Crippen molar-refractivity contribution in [2.75, 3.05) is 0 Å². The van der Waals surface area contributed by atoms with E-state index in [2.05, 4.69) is 53.6 Å². The molecule has 0 saturated carbocycles. The first-order valence-electron chi connectivity index (χ1n) is 11.4. The van der Waals surface area contributed by atoms with Gasteiger partial charge in [0.15, 0.2) is 17.8 Å². The van der Waals surface area contributed by atoms with Gasteiger partial charge < -0.3 is 21.5 Å². The van der Waals surface area contributed by atoms with Crippen LogP contribution in [0.5, 0.6) is 0 Å². The van der Waals surface area contributed by atoms with Crippen LogP contribution < -0.4 is 27.0 Å². The largest absolute Gasteiger partial charge is 1.00 e. The molecular formula is C26H35BrN2O. The van der Waals surface area contributed by atoms with Gasteiger partial charge in [-0.05, 0) is 31.0 Å². The lowest BCUT2D eigenvalue weighted by Crippen LogP contribution is -3.00. The molecule has 0 unspecified atom stereocenters. The highest BCUT2D eigenvalue weighted by Gasteiger charge is 2.13. The monoisotopic (exact) mass is 470 g/mol. The molecule has 3 aromatic rings. The SMILES string of the molecule is CCCCCCn1c(-c2ccc[n+](CCCCCC)c2)cc(=O)c2ccccc21.[Br-]. The van der Waals surface area contributed by atoms with Crippen LogP contribution in [-0.2, 0) is 13.1 Å². The molecule has 0 amide bonds. The zero-order chi connectivity index (χ0) is 20.5. The second kappa shape index (κ2) is 12.7. The number of aryl methyl sites for hydroxylation is 2. The quantitative estimate of drug-likeness (QED) is 0.312. The number of nitrogens with zero attached hydrogens (tertiary/aromatic N) is 2. The molecule has 162 valence electrons. The summed E-state index contributed by atoms with van der Waals surface area (Å²) in [5.41, 5.74) is 3.32. The third-order valence-corrected chi connectivity index (χ3v) is 5.68. The summed E-state index contributed by atoms with van der Waals surface area (Å²) in [6.45, 7) is 6.46. The van der Waals surface area contributed by atoms with Gasteiger partial charge in [-0.1, -0.05) is 58.1 Å². The minimum absolute atomic E-state index is 0. The van der Waals surface area contributed by atoms with Crippen LogP contribution in [0.3, 0.4) is 0 Å². The van der Waals surface area contributed by atoms with Gasteiger partial charge in [0.25, 0.3) is 0 Å². The number of rotatable bonds is 11. The van der Waals surface area contributed by atoms with E-state index in [9.17, 15) is 4.79 Å². The Balaban J connectivity index is 0.00000320. The maximum absolute atomic E-state index is 12.8. The van der Waals surface area contributed by atoms with Gasteiger partial charge in [0.1, 0.15) is 6.54 Å². The molecular weight excluding hydrogens is 436 g/mol. The molecule has 2 heterocycles. The first kappa shape index (κ1) is 24.3. The minimum atomic E-state index is 0. The van der Waals surface area contributed by atoms with Gasteiger partial charge in [0, 0.05) is 30.5 Å². The molecule has 0 aliphatic rings. The Labute approximate surface area is 191 Å². The zero-order valence-electron chi connectivity index (χ0n) is 18.4. The van der Waals surface area contributed by atoms with E-state index in [1.165, 1.54) is 44.9 Å². The van der Waals surface area contributed by atoms with Crippen LogP contribution in [0.2, 0.25) is 0 Å². The maximum Gasteiger partial charge on any atom is 0.190 e. The van der Waals surface area contributed by atoms with Crippen molar-refractivity contribution in [3.05, 3.63) is 65.1 Å². The molecule has 0 spiro atoms. The molecule has 0 aliphatic heterocycles. The molecule has 0 N–H and O–H groups in total. The van der Waals surface area contributed by atoms with Gasteiger partial charge >= 0.3 is 0 Å². The van der Waals surface area contributed by atoms with Gasteiger partial charge in [0.2, 0.25) is 0 Å². The molecule has 1 aromatic carbocycles. The predicted octanol–water partition coefficient (Wildman–Crippen LogP) is 3.12. The van der Waals surface area contributed by atoms with E-state index in [0.717, 1.165) is 41.7 Å². The molecule has 0 radical (unpaired) electrons. The summed E-state index contributed by atoms with van der Waals surface area (Å²) in [5.74, 6) is 0. The lowest BCUT2D eigenvalue weighted by Gasteiger charge is -2.16. The van der Waals surface area contributed by atoms with Crippen molar-refractivity contribution in [2.24, 2.45) is 0 Å². The Morgan fingerprint density at radius 1 is 0.867 bits per heavy atom. The van der Waals surface area contributed by atoms with Crippen LogP contribution in [0.4, 0.5) is 0 Å². The van der Waals surface area contributed by atoms with Crippen molar-refractivity contribution in [3.8, 4) is 11.3 Å². The summed E-state index contributed by atoms with van der Waals surface area (Å²) in [7, 11) is 0. The zero-order valence-corrected chi connectivity index (χ0v) is 20.0. The normalized spacial score (nSPS) is 10.9. The van der Waals surface area contributed by atoms with Crippen molar-refractivity contribution in [1.82, 2.24) is 4.57 Å². The first-order chi connectivity index (χ1) is 14.2. The van der Waals surface area contributed by atoms with Gasteiger partial charge in [-0.15, -0.1) is 0 Å². The fraction of sp³-hybridized carbons (Fsp3) is 0.462. The lowest BCUT2D eigenvalue weighted by molar-refractivity contribution is -0.696. The number of unbranched alkanes of at least 4 members (excludes halogenated alkanes) is 6. The third-order valence-electron chi connectivity index (χ3n) is 5.68. The van der Waals surface area contributed by atoms with E-state index in [1.807, 2.05) is 24.3 Å². The third kappa shape index (κ3) is 6.28. The number of halogens is 1. The highest BCUT2D eigenvalue weighted by atomic mass is 79.9. The molecule has 30 heavy (non-hydrogen) atoms. The smallest absolute Gasteiger partial charge is 0.190 e. The van der Waals surface area contributed by atoms with Crippen LogP contribution >= 0.6 is 0 Å². The van der Waals surface area contributed by atoms with E-state index in [0.29, 0.717) is 0 Å². The Morgan fingerprint density at radius 3 is 2.37 bits per heavy atom. The minimum Gasteiger partial charge on any atom is -1.00 e. The van der Waals surface area contributed by atoms with E-state index in [-0.39, 0.29) is 22.4 Å². The summed E-state index contributed by atoms with van der Waals surface area (Å²) in [6, 6.07) is 14.1. The molecule has 0 fully saturated rings. The molecule has 3 nitrogen and oxygen atoms in total. The summed E-state index contributed by atoms with van der Waals surface area (Å²) in [6.07, 6.45) is 14.2. The first-order valence-corrected chi connectivity index (χ1v) is 11.4. The number of para-hydroxylation sites is 1. The lowest BCUT2D eigenvalue weighted by atomic mass is 10.1. The molecule has 2 aromatic heterocycles. The van der Waals surface area contributed by atoms with Crippen LogP contribution in [-0.4, -0.2) is 4.57 Å². The highest BCUT2D eigenvalue weighted by molar-refractivity contribution is 5.82. The van der Waals surface area contributed by atoms with Crippen LogP contribution in [0.1, 0.15) is 65.2 Å². The summed E-state index contributed by atoms with van der Waals surface area (Å²) < 4.78 is 4.62. The number of aromatic nitrogens is 2. The average molecular weight is 471 g/mol. The summed E-state index contributed by atoms with van der Waals surface area (Å²) in [5, 5.41) is 0.815. The fourth-order valence-corrected chi connectivity index (χ4v) is 4.04. The van der Waals surface area contributed by atoms with Gasteiger partial charge in [0.05, 0.1) is 16.8 Å². The maximum atomic E-state index is 12.8. The Kier molecular flexibility index (Phi) is 10.3. The molecule has 0 bridgehead atoms. The Bertz CT molecular complexity index is 980. The Hall–Kier alpha value is -1.94. The van der Waals surface area contributed by atoms with Crippen LogP contribution in [0, 0.1) is 0 Å². The van der Waals surface area contributed by atoms with Crippen molar-refractivity contribution < 1.29 is 21.5 Å².